The van der Waals surface area contributed by atoms with Crippen molar-refractivity contribution >= 4 is 34.5 Å². The first-order chi connectivity index (χ1) is 14.9. The molecule has 0 spiro atoms. The summed E-state index contributed by atoms with van der Waals surface area (Å²) in [4.78, 5) is 30.1. The average molecular weight is 457 g/mol. The zero-order valence-electron chi connectivity index (χ0n) is 17.3. The van der Waals surface area contributed by atoms with Gasteiger partial charge in [-0.2, -0.15) is 0 Å². The van der Waals surface area contributed by atoms with Crippen molar-refractivity contribution in [1.82, 2.24) is 18.7 Å². The lowest BCUT2D eigenvalue weighted by Gasteiger charge is -2.10. The maximum absolute atomic E-state index is 13.0. The van der Waals surface area contributed by atoms with Gasteiger partial charge in [0, 0.05) is 24.9 Å². The van der Waals surface area contributed by atoms with Crippen LogP contribution in [0.25, 0.3) is 11.2 Å². The van der Waals surface area contributed by atoms with Gasteiger partial charge in [-0.3, -0.25) is 13.9 Å². The van der Waals surface area contributed by atoms with E-state index in [1.807, 2.05) is 53.1 Å². The van der Waals surface area contributed by atoms with Gasteiger partial charge in [0.05, 0.1) is 13.7 Å². The molecule has 0 saturated heterocycles. The van der Waals surface area contributed by atoms with E-state index in [4.69, 9.17) is 16.3 Å². The van der Waals surface area contributed by atoms with Crippen LogP contribution in [0.3, 0.4) is 0 Å². The van der Waals surface area contributed by atoms with Crippen LogP contribution in [-0.2, 0) is 26.4 Å². The first-order valence-corrected chi connectivity index (χ1v) is 10.9. The van der Waals surface area contributed by atoms with Crippen LogP contribution >= 0.6 is 23.4 Å². The molecule has 2 aromatic heterocycles. The van der Waals surface area contributed by atoms with E-state index in [0.717, 1.165) is 21.4 Å². The van der Waals surface area contributed by atoms with Crippen molar-refractivity contribution in [2.75, 3.05) is 7.11 Å². The van der Waals surface area contributed by atoms with Gasteiger partial charge < -0.3 is 9.30 Å². The largest absolute Gasteiger partial charge is 0.497 e. The smallest absolute Gasteiger partial charge is 0.332 e. The van der Waals surface area contributed by atoms with E-state index in [9.17, 15) is 9.59 Å². The third-order valence-corrected chi connectivity index (χ3v) is 6.37. The molecule has 2 heterocycles. The van der Waals surface area contributed by atoms with E-state index >= 15 is 0 Å². The third-order valence-electron chi connectivity index (χ3n) is 5.07. The minimum absolute atomic E-state index is 0.368. The minimum atomic E-state index is -0.405. The second-order valence-electron chi connectivity index (χ2n) is 7.13. The number of aromatic nitrogens is 4. The first kappa shape index (κ1) is 21.3. The lowest BCUT2D eigenvalue weighted by atomic mass is 10.2. The lowest BCUT2D eigenvalue weighted by Crippen LogP contribution is -2.37. The molecule has 0 unspecified atom stereocenters. The number of imidazole rings is 1. The van der Waals surface area contributed by atoms with Crippen molar-refractivity contribution in [2.45, 2.75) is 17.5 Å². The number of nitrogens with zero attached hydrogens (tertiary/aromatic N) is 4. The van der Waals surface area contributed by atoms with Crippen LogP contribution in [0.2, 0.25) is 5.02 Å². The van der Waals surface area contributed by atoms with Crippen LogP contribution in [0.1, 0.15) is 11.1 Å². The van der Waals surface area contributed by atoms with Crippen molar-refractivity contribution in [3.8, 4) is 5.75 Å². The van der Waals surface area contributed by atoms with Crippen LogP contribution < -0.4 is 16.0 Å². The van der Waals surface area contributed by atoms with Gasteiger partial charge in [0.15, 0.2) is 16.3 Å². The fourth-order valence-corrected chi connectivity index (χ4v) is 4.43. The summed E-state index contributed by atoms with van der Waals surface area (Å²) < 4.78 is 9.69. The molecule has 0 radical (unpaired) electrons. The normalized spacial score (nSPS) is 11.2. The zero-order chi connectivity index (χ0) is 22.1. The lowest BCUT2D eigenvalue weighted by molar-refractivity contribution is 0.414. The molecule has 0 saturated carbocycles. The predicted octanol–water partition coefficient (Wildman–Crippen LogP) is 3.44. The van der Waals surface area contributed by atoms with Crippen molar-refractivity contribution in [3.05, 3.63) is 85.5 Å². The first-order valence-electron chi connectivity index (χ1n) is 9.55. The molecule has 0 amide bonds. The number of ether oxygens (including phenoxy) is 1. The monoisotopic (exact) mass is 456 g/mol. The zero-order valence-corrected chi connectivity index (χ0v) is 18.9. The van der Waals surface area contributed by atoms with Crippen molar-refractivity contribution < 1.29 is 4.74 Å². The molecule has 160 valence electrons. The molecule has 0 aliphatic rings. The molecule has 0 aliphatic heterocycles. The van der Waals surface area contributed by atoms with Gasteiger partial charge in [0.25, 0.3) is 5.56 Å². The molecule has 31 heavy (non-hydrogen) atoms. The number of hydrogen-bond acceptors (Lipinski definition) is 5. The number of halogens is 1. The summed E-state index contributed by atoms with van der Waals surface area (Å²) in [6.07, 6.45) is 0. The number of rotatable bonds is 6. The van der Waals surface area contributed by atoms with Gasteiger partial charge in [0.1, 0.15) is 5.75 Å². The molecule has 0 atom stereocenters. The molecule has 9 heteroatoms. The molecule has 0 aliphatic carbocycles. The molecule has 2 aromatic carbocycles. The summed E-state index contributed by atoms with van der Waals surface area (Å²) in [5, 5.41) is 1.30. The summed E-state index contributed by atoms with van der Waals surface area (Å²) in [5.41, 5.74) is 2.03. The summed E-state index contributed by atoms with van der Waals surface area (Å²) >= 11 is 7.52. The number of methoxy groups -OCH3 is 1. The number of aryl methyl sites for hydroxylation is 1. The SMILES string of the molecule is COc1cccc(CSc2nc3c(c(=O)n(C)c(=O)n3C)n2Cc2ccc(Cl)cc2)c1. The minimum Gasteiger partial charge on any atom is -0.497 e. The Morgan fingerprint density at radius 1 is 1.03 bits per heavy atom. The molecule has 0 fully saturated rings. The number of benzene rings is 2. The van der Waals surface area contributed by atoms with Gasteiger partial charge in [-0.25, -0.2) is 9.78 Å². The Morgan fingerprint density at radius 3 is 2.48 bits per heavy atom. The Hall–Kier alpha value is -2.97. The number of hydrogen-bond donors (Lipinski definition) is 0. The Bertz CT molecular complexity index is 1370. The molecular formula is C22H21ClN4O3S. The van der Waals surface area contributed by atoms with E-state index in [-0.39, 0.29) is 5.56 Å². The van der Waals surface area contributed by atoms with E-state index in [1.165, 1.54) is 23.4 Å². The number of thioether (sulfide) groups is 1. The molecule has 4 rings (SSSR count). The standard InChI is InChI=1S/C22H21ClN4O3S/c1-25-19-18(20(28)26(2)22(25)29)27(12-14-7-9-16(23)10-8-14)21(24-19)31-13-15-5-4-6-17(11-15)30-3/h4-11H,12-13H2,1-3H3. The highest BCUT2D eigenvalue weighted by atomic mass is 35.5. The molecule has 4 aromatic rings. The summed E-state index contributed by atoms with van der Waals surface area (Å²) in [5.74, 6) is 1.42. The molecule has 0 bridgehead atoms. The summed E-state index contributed by atoms with van der Waals surface area (Å²) in [7, 11) is 4.74. The second-order valence-corrected chi connectivity index (χ2v) is 8.50. The van der Waals surface area contributed by atoms with E-state index in [0.29, 0.717) is 33.6 Å². The van der Waals surface area contributed by atoms with Crippen molar-refractivity contribution in [1.29, 1.82) is 0 Å². The number of fused-ring (bicyclic) bond motifs is 1. The average Bonchev–Trinajstić information content (AvgIpc) is 3.14. The fourth-order valence-electron chi connectivity index (χ4n) is 3.37. The van der Waals surface area contributed by atoms with Crippen LogP contribution in [0.4, 0.5) is 0 Å². The van der Waals surface area contributed by atoms with Gasteiger partial charge in [0.2, 0.25) is 0 Å². The molecule has 7 nitrogen and oxygen atoms in total. The van der Waals surface area contributed by atoms with Gasteiger partial charge in [-0.05, 0) is 35.4 Å². The Labute approximate surface area is 187 Å². The highest BCUT2D eigenvalue weighted by Gasteiger charge is 2.19. The van der Waals surface area contributed by atoms with Gasteiger partial charge in [-0.1, -0.05) is 47.6 Å². The summed E-state index contributed by atoms with van der Waals surface area (Å²) in [6.45, 7) is 0.432. The molecule has 0 N–H and O–H groups in total. The van der Waals surface area contributed by atoms with E-state index < -0.39 is 5.69 Å². The Kier molecular flexibility index (Phi) is 5.93. The van der Waals surface area contributed by atoms with Crippen LogP contribution in [0, 0.1) is 0 Å². The van der Waals surface area contributed by atoms with Crippen LogP contribution in [0.5, 0.6) is 5.75 Å². The Morgan fingerprint density at radius 2 is 1.77 bits per heavy atom. The fraction of sp³-hybridized carbons (Fsp3) is 0.227. The highest BCUT2D eigenvalue weighted by Crippen LogP contribution is 2.27. The predicted molar refractivity (Wildman–Crippen MR) is 123 cm³/mol. The van der Waals surface area contributed by atoms with Crippen molar-refractivity contribution in [2.24, 2.45) is 14.1 Å². The van der Waals surface area contributed by atoms with E-state index in [1.54, 1.807) is 14.2 Å². The van der Waals surface area contributed by atoms with Crippen LogP contribution in [-0.4, -0.2) is 25.8 Å². The maximum atomic E-state index is 13.0. The maximum Gasteiger partial charge on any atom is 0.332 e. The van der Waals surface area contributed by atoms with Gasteiger partial charge in [-0.15, -0.1) is 0 Å². The second kappa shape index (κ2) is 8.64. The third kappa shape index (κ3) is 4.13. The van der Waals surface area contributed by atoms with Crippen molar-refractivity contribution in [3.63, 3.8) is 0 Å². The highest BCUT2D eigenvalue weighted by molar-refractivity contribution is 7.98. The quantitative estimate of drug-likeness (QED) is 0.416. The summed E-state index contributed by atoms with van der Waals surface area (Å²) in [6, 6.07) is 15.3. The van der Waals surface area contributed by atoms with Gasteiger partial charge >= 0.3 is 5.69 Å². The topological polar surface area (TPSA) is 71.1 Å². The Balaban J connectivity index is 1.81. The van der Waals surface area contributed by atoms with E-state index in [2.05, 4.69) is 4.98 Å². The molecular weight excluding hydrogens is 436 g/mol. The van der Waals surface area contributed by atoms with Crippen LogP contribution in [0.15, 0.2) is 63.3 Å².